The van der Waals surface area contributed by atoms with Crippen LogP contribution in [0.4, 0.5) is 16.2 Å². The highest BCUT2D eigenvalue weighted by atomic mass is 35.5. The SMILES string of the molecule is COc1cc(Cl)c(C)cc1NC(=O)Nc1ccc2c(c1)C(=O)N(CC(C)C)C2=O. The number of hydrogen-bond donors (Lipinski definition) is 2. The van der Waals surface area contributed by atoms with Gasteiger partial charge >= 0.3 is 6.03 Å². The van der Waals surface area contributed by atoms with Gasteiger partial charge in [0.25, 0.3) is 11.8 Å². The quantitative estimate of drug-likeness (QED) is 0.701. The number of carbonyl (C=O) groups excluding carboxylic acids is 3. The highest BCUT2D eigenvalue weighted by Gasteiger charge is 2.35. The van der Waals surface area contributed by atoms with Crippen LogP contribution in [0.25, 0.3) is 0 Å². The predicted molar refractivity (Wildman–Crippen MR) is 112 cm³/mol. The van der Waals surface area contributed by atoms with Gasteiger partial charge in [0.2, 0.25) is 0 Å². The molecule has 1 heterocycles. The number of nitrogens with one attached hydrogen (secondary N) is 2. The van der Waals surface area contributed by atoms with Crippen molar-refractivity contribution < 1.29 is 19.1 Å². The molecule has 0 saturated heterocycles. The number of amides is 4. The molecule has 152 valence electrons. The summed E-state index contributed by atoms with van der Waals surface area (Å²) in [7, 11) is 1.48. The number of rotatable bonds is 5. The Labute approximate surface area is 174 Å². The molecule has 4 amide bonds. The van der Waals surface area contributed by atoms with Crippen molar-refractivity contribution in [1.82, 2.24) is 4.90 Å². The zero-order valence-corrected chi connectivity index (χ0v) is 17.4. The number of benzene rings is 2. The second-order valence-corrected chi connectivity index (χ2v) is 7.66. The monoisotopic (exact) mass is 415 g/mol. The van der Waals surface area contributed by atoms with Crippen molar-refractivity contribution >= 4 is 40.8 Å². The molecular formula is C21H22ClN3O4. The standard InChI is InChI=1S/C21H22ClN3O4/c1-11(2)10-25-19(26)14-6-5-13(8-15(14)20(25)27)23-21(28)24-17-7-12(3)16(22)9-18(17)29-4/h5-9,11H,10H2,1-4H3,(H2,23,24,28). The minimum atomic E-state index is -0.513. The average Bonchev–Trinajstić information content (AvgIpc) is 2.88. The van der Waals surface area contributed by atoms with E-state index in [1.807, 2.05) is 20.8 Å². The van der Waals surface area contributed by atoms with E-state index in [9.17, 15) is 14.4 Å². The lowest BCUT2D eigenvalue weighted by Gasteiger charge is -2.15. The third-order valence-electron chi connectivity index (χ3n) is 4.51. The second-order valence-electron chi connectivity index (χ2n) is 7.26. The Morgan fingerprint density at radius 2 is 1.79 bits per heavy atom. The zero-order valence-electron chi connectivity index (χ0n) is 16.6. The Bertz CT molecular complexity index is 1000. The first kappa shape index (κ1) is 20.7. The van der Waals surface area contributed by atoms with Crippen LogP contribution < -0.4 is 15.4 Å². The summed E-state index contributed by atoms with van der Waals surface area (Å²) in [6.07, 6.45) is 0. The Kier molecular flexibility index (Phi) is 5.79. The van der Waals surface area contributed by atoms with Crippen molar-refractivity contribution in [1.29, 1.82) is 0 Å². The lowest BCUT2D eigenvalue weighted by Crippen LogP contribution is -2.33. The summed E-state index contributed by atoms with van der Waals surface area (Å²) in [6.45, 7) is 6.05. The van der Waals surface area contributed by atoms with Gasteiger partial charge in [-0.3, -0.25) is 14.5 Å². The molecule has 0 unspecified atom stereocenters. The van der Waals surface area contributed by atoms with E-state index in [1.54, 1.807) is 24.3 Å². The Morgan fingerprint density at radius 3 is 2.45 bits per heavy atom. The predicted octanol–water partition coefficient (Wildman–Crippen LogP) is 4.55. The van der Waals surface area contributed by atoms with E-state index in [0.29, 0.717) is 34.3 Å². The first-order valence-corrected chi connectivity index (χ1v) is 9.51. The third kappa shape index (κ3) is 4.19. The number of halogens is 1. The van der Waals surface area contributed by atoms with Crippen molar-refractivity contribution in [3.8, 4) is 5.75 Å². The number of aryl methyl sites for hydroxylation is 1. The maximum atomic E-state index is 12.6. The summed E-state index contributed by atoms with van der Waals surface area (Å²) in [6, 6.07) is 7.47. The molecule has 0 aromatic heterocycles. The molecule has 3 rings (SSSR count). The summed E-state index contributed by atoms with van der Waals surface area (Å²) >= 11 is 6.08. The van der Waals surface area contributed by atoms with Gasteiger partial charge in [-0.1, -0.05) is 25.4 Å². The number of urea groups is 1. The number of carbonyl (C=O) groups is 3. The van der Waals surface area contributed by atoms with Gasteiger partial charge in [0, 0.05) is 23.3 Å². The van der Waals surface area contributed by atoms with Gasteiger partial charge in [-0.15, -0.1) is 0 Å². The van der Waals surface area contributed by atoms with E-state index in [-0.39, 0.29) is 23.3 Å². The van der Waals surface area contributed by atoms with Crippen LogP contribution in [0.1, 0.15) is 40.1 Å². The first-order valence-electron chi connectivity index (χ1n) is 9.13. The maximum absolute atomic E-state index is 12.6. The van der Waals surface area contributed by atoms with Crippen LogP contribution in [-0.4, -0.2) is 36.4 Å². The maximum Gasteiger partial charge on any atom is 0.323 e. The van der Waals surface area contributed by atoms with Crippen LogP contribution >= 0.6 is 11.6 Å². The minimum Gasteiger partial charge on any atom is -0.495 e. The molecule has 0 radical (unpaired) electrons. The Balaban J connectivity index is 1.77. The van der Waals surface area contributed by atoms with Gasteiger partial charge in [0.15, 0.2) is 0 Å². The van der Waals surface area contributed by atoms with Gasteiger partial charge in [-0.05, 0) is 42.7 Å². The fraction of sp³-hybridized carbons (Fsp3) is 0.286. The fourth-order valence-electron chi connectivity index (χ4n) is 3.11. The van der Waals surface area contributed by atoms with E-state index in [4.69, 9.17) is 16.3 Å². The minimum absolute atomic E-state index is 0.165. The van der Waals surface area contributed by atoms with Crippen LogP contribution in [0, 0.1) is 12.8 Å². The molecule has 29 heavy (non-hydrogen) atoms. The molecule has 7 nitrogen and oxygen atoms in total. The van der Waals surface area contributed by atoms with E-state index < -0.39 is 6.03 Å². The fourth-order valence-corrected chi connectivity index (χ4v) is 3.27. The number of imide groups is 1. The molecule has 0 fully saturated rings. The molecule has 0 saturated carbocycles. The molecule has 2 N–H and O–H groups in total. The van der Waals surface area contributed by atoms with Crippen molar-refractivity contribution in [3.05, 3.63) is 52.0 Å². The average molecular weight is 416 g/mol. The second kappa shape index (κ2) is 8.13. The van der Waals surface area contributed by atoms with Crippen molar-refractivity contribution in [3.63, 3.8) is 0 Å². The molecular weight excluding hydrogens is 394 g/mol. The topological polar surface area (TPSA) is 87.7 Å². The zero-order chi connectivity index (χ0) is 21.3. The smallest absolute Gasteiger partial charge is 0.323 e. The van der Waals surface area contributed by atoms with Crippen molar-refractivity contribution in [2.75, 3.05) is 24.3 Å². The number of hydrogen-bond acceptors (Lipinski definition) is 4. The molecule has 0 aliphatic carbocycles. The van der Waals surface area contributed by atoms with Crippen LogP contribution in [0.3, 0.4) is 0 Å². The molecule has 0 spiro atoms. The normalized spacial score (nSPS) is 13.0. The molecule has 2 aromatic rings. The lowest BCUT2D eigenvalue weighted by atomic mass is 10.1. The molecule has 2 aromatic carbocycles. The van der Waals surface area contributed by atoms with Gasteiger partial charge in [0.1, 0.15) is 5.75 Å². The Morgan fingerprint density at radius 1 is 1.10 bits per heavy atom. The highest BCUT2D eigenvalue weighted by Crippen LogP contribution is 2.31. The van der Waals surface area contributed by atoms with Crippen LogP contribution in [-0.2, 0) is 0 Å². The highest BCUT2D eigenvalue weighted by molar-refractivity contribution is 6.31. The van der Waals surface area contributed by atoms with Gasteiger partial charge in [-0.2, -0.15) is 0 Å². The molecule has 8 heteroatoms. The number of methoxy groups -OCH3 is 1. The summed E-state index contributed by atoms with van der Waals surface area (Å²) in [4.78, 5) is 38.7. The number of nitrogens with zero attached hydrogens (tertiary/aromatic N) is 1. The first-order chi connectivity index (χ1) is 13.7. The van der Waals surface area contributed by atoms with E-state index in [2.05, 4.69) is 10.6 Å². The lowest BCUT2D eigenvalue weighted by molar-refractivity contribution is 0.0636. The number of ether oxygens (including phenoxy) is 1. The summed E-state index contributed by atoms with van der Waals surface area (Å²) < 4.78 is 5.25. The molecule has 1 aliphatic rings. The van der Waals surface area contributed by atoms with E-state index >= 15 is 0 Å². The van der Waals surface area contributed by atoms with E-state index in [0.717, 1.165) is 5.56 Å². The van der Waals surface area contributed by atoms with Crippen LogP contribution in [0.2, 0.25) is 5.02 Å². The molecule has 0 bridgehead atoms. The third-order valence-corrected chi connectivity index (χ3v) is 4.91. The molecule has 1 aliphatic heterocycles. The van der Waals surface area contributed by atoms with Crippen molar-refractivity contribution in [2.45, 2.75) is 20.8 Å². The molecule has 0 atom stereocenters. The number of fused-ring (bicyclic) bond motifs is 1. The van der Waals surface area contributed by atoms with Gasteiger partial charge < -0.3 is 15.4 Å². The van der Waals surface area contributed by atoms with E-state index in [1.165, 1.54) is 18.1 Å². The van der Waals surface area contributed by atoms with Crippen LogP contribution in [0.5, 0.6) is 5.75 Å². The number of anilines is 2. The van der Waals surface area contributed by atoms with Crippen molar-refractivity contribution in [2.24, 2.45) is 5.92 Å². The van der Waals surface area contributed by atoms with Crippen LogP contribution in [0.15, 0.2) is 30.3 Å². The summed E-state index contributed by atoms with van der Waals surface area (Å²) in [5, 5.41) is 5.91. The van der Waals surface area contributed by atoms with Gasteiger partial charge in [-0.25, -0.2) is 4.79 Å². The summed E-state index contributed by atoms with van der Waals surface area (Å²) in [5.41, 5.74) is 2.28. The summed E-state index contributed by atoms with van der Waals surface area (Å²) in [5.74, 6) is -0.0676. The largest absolute Gasteiger partial charge is 0.495 e. The van der Waals surface area contributed by atoms with Gasteiger partial charge in [0.05, 0.1) is 23.9 Å². The Hall–Kier alpha value is -3.06.